The Labute approximate surface area is 221 Å². The van der Waals surface area contributed by atoms with Gasteiger partial charge in [-0.1, -0.05) is 32.0 Å². The van der Waals surface area contributed by atoms with Gasteiger partial charge in [0.2, 0.25) is 0 Å². The van der Waals surface area contributed by atoms with Gasteiger partial charge in [-0.3, -0.25) is 24.7 Å². The molecule has 0 radical (unpaired) electrons. The standard InChI is InChI=1S/C27H38N2O9/c1-4-15(2)27(35)38-24-8-7-22(29-37-14-17-12-28-36-13-17)21-11-23(32)16(3)20(26(21)24)6-5-18(30)9-19(31)10-25(33)34/h7,11-13,15-16,18-20,24,26,29-31H,4-6,8-10,14H2,1-3H3,(H,33,34). The number of esters is 1. The first-order valence-electron chi connectivity index (χ1n) is 13.1. The minimum absolute atomic E-state index is 0.0788. The van der Waals surface area contributed by atoms with Crippen molar-refractivity contribution in [3.63, 3.8) is 0 Å². The molecular formula is C27H38N2O9. The molecule has 11 nitrogen and oxygen atoms in total. The van der Waals surface area contributed by atoms with Crippen molar-refractivity contribution in [2.75, 3.05) is 0 Å². The average molecular weight is 535 g/mol. The molecule has 7 unspecified atom stereocenters. The van der Waals surface area contributed by atoms with Gasteiger partial charge in [-0.2, -0.15) is 0 Å². The van der Waals surface area contributed by atoms with Gasteiger partial charge in [-0.25, -0.2) is 0 Å². The Balaban J connectivity index is 1.79. The topological polar surface area (TPSA) is 168 Å². The Morgan fingerprint density at radius 2 is 2.05 bits per heavy atom. The van der Waals surface area contributed by atoms with Crippen LogP contribution in [-0.2, 0) is 30.6 Å². The van der Waals surface area contributed by atoms with Gasteiger partial charge in [0.15, 0.2) is 5.78 Å². The van der Waals surface area contributed by atoms with Crippen LogP contribution < -0.4 is 5.48 Å². The first-order chi connectivity index (χ1) is 18.1. The minimum atomic E-state index is -1.16. The largest absolute Gasteiger partial charge is 0.481 e. The molecule has 0 fully saturated rings. The number of rotatable bonds is 14. The second kappa shape index (κ2) is 13.7. The first-order valence-corrected chi connectivity index (χ1v) is 13.1. The van der Waals surface area contributed by atoms with Crippen LogP contribution in [0.4, 0.5) is 0 Å². The molecule has 0 bridgehead atoms. The monoisotopic (exact) mass is 534 g/mol. The maximum atomic E-state index is 13.0. The van der Waals surface area contributed by atoms with E-state index >= 15 is 0 Å². The number of hydroxylamine groups is 1. The van der Waals surface area contributed by atoms with Crippen molar-refractivity contribution in [2.24, 2.45) is 23.7 Å². The number of nitrogens with zero attached hydrogens (tertiary/aromatic N) is 1. The van der Waals surface area contributed by atoms with Crippen LogP contribution in [0, 0.1) is 23.7 Å². The van der Waals surface area contributed by atoms with Crippen LogP contribution in [0.1, 0.15) is 64.9 Å². The van der Waals surface area contributed by atoms with E-state index in [1.54, 1.807) is 6.08 Å². The Kier molecular flexibility index (Phi) is 10.6. The summed E-state index contributed by atoms with van der Waals surface area (Å²) < 4.78 is 10.8. The highest BCUT2D eigenvalue weighted by Gasteiger charge is 2.45. The van der Waals surface area contributed by atoms with Crippen LogP contribution in [0.5, 0.6) is 0 Å². The zero-order chi connectivity index (χ0) is 27.8. The predicted molar refractivity (Wildman–Crippen MR) is 134 cm³/mol. The molecule has 1 heterocycles. The van der Waals surface area contributed by atoms with Crippen molar-refractivity contribution in [3.05, 3.63) is 41.4 Å². The second-order valence-corrected chi connectivity index (χ2v) is 10.3. The lowest BCUT2D eigenvalue weighted by Gasteiger charge is -2.43. The van der Waals surface area contributed by atoms with Crippen molar-refractivity contribution >= 4 is 17.7 Å². The smallest absolute Gasteiger partial charge is 0.308 e. The van der Waals surface area contributed by atoms with Gasteiger partial charge in [0.25, 0.3) is 0 Å². The molecule has 0 spiro atoms. The van der Waals surface area contributed by atoms with Crippen molar-refractivity contribution in [1.82, 2.24) is 10.6 Å². The molecule has 2 aliphatic rings. The number of fused-ring (bicyclic) bond motifs is 1. The summed E-state index contributed by atoms with van der Waals surface area (Å²) in [5.74, 6) is -2.76. The van der Waals surface area contributed by atoms with Crippen molar-refractivity contribution < 1.29 is 43.8 Å². The third-order valence-corrected chi connectivity index (χ3v) is 7.45. The lowest BCUT2D eigenvalue weighted by atomic mass is 9.64. The Hall–Kier alpha value is -3.02. The Morgan fingerprint density at radius 3 is 2.71 bits per heavy atom. The predicted octanol–water partition coefficient (Wildman–Crippen LogP) is 2.69. The number of aliphatic hydroxyl groups is 2. The van der Waals surface area contributed by atoms with Crippen LogP contribution in [0.2, 0.25) is 0 Å². The molecule has 0 saturated carbocycles. The molecule has 3 rings (SSSR count). The van der Waals surface area contributed by atoms with Crippen LogP contribution in [0.15, 0.2) is 40.4 Å². The first kappa shape index (κ1) is 29.5. The molecule has 1 aromatic heterocycles. The molecular weight excluding hydrogens is 496 g/mol. The number of carbonyl (C=O) groups is 3. The highest BCUT2D eigenvalue weighted by Crippen LogP contribution is 2.45. The third kappa shape index (κ3) is 7.75. The van der Waals surface area contributed by atoms with E-state index in [0.29, 0.717) is 30.5 Å². The maximum Gasteiger partial charge on any atom is 0.308 e. The lowest BCUT2D eigenvalue weighted by Crippen LogP contribution is -2.45. The quantitative estimate of drug-likeness (QED) is 0.204. The number of carboxylic acid groups (broad SMARTS) is 1. The molecule has 7 atom stereocenters. The Bertz CT molecular complexity index is 1020. The van der Waals surface area contributed by atoms with E-state index in [2.05, 4.69) is 10.6 Å². The van der Waals surface area contributed by atoms with E-state index in [9.17, 15) is 24.6 Å². The zero-order valence-corrected chi connectivity index (χ0v) is 22.0. The van der Waals surface area contributed by atoms with Crippen molar-refractivity contribution in [2.45, 2.75) is 84.2 Å². The van der Waals surface area contributed by atoms with Crippen molar-refractivity contribution in [1.29, 1.82) is 0 Å². The Morgan fingerprint density at radius 1 is 1.29 bits per heavy atom. The van der Waals surface area contributed by atoms with Gasteiger partial charge in [-0.15, -0.1) is 0 Å². The van der Waals surface area contributed by atoms with Gasteiger partial charge < -0.3 is 24.6 Å². The molecule has 2 aliphatic carbocycles. The summed E-state index contributed by atoms with van der Waals surface area (Å²) >= 11 is 0. The number of hydrogen-bond donors (Lipinski definition) is 4. The van der Waals surface area contributed by atoms with E-state index in [1.165, 1.54) is 12.5 Å². The summed E-state index contributed by atoms with van der Waals surface area (Å²) in [7, 11) is 0. The van der Waals surface area contributed by atoms with E-state index in [4.69, 9.17) is 19.2 Å². The van der Waals surface area contributed by atoms with Crippen LogP contribution in [0.3, 0.4) is 0 Å². The lowest BCUT2D eigenvalue weighted by molar-refractivity contribution is -0.157. The number of ketones is 1. The van der Waals surface area contributed by atoms with Crippen LogP contribution >= 0.6 is 0 Å². The highest BCUT2D eigenvalue weighted by atomic mass is 16.6. The summed E-state index contributed by atoms with van der Waals surface area (Å²) in [5, 5.41) is 32.9. The van der Waals surface area contributed by atoms with E-state index in [1.807, 2.05) is 26.8 Å². The van der Waals surface area contributed by atoms with Crippen molar-refractivity contribution in [3.8, 4) is 0 Å². The molecule has 210 valence electrons. The van der Waals surface area contributed by atoms with E-state index in [0.717, 1.165) is 5.56 Å². The minimum Gasteiger partial charge on any atom is -0.481 e. The fraction of sp³-hybridized carbons (Fsp3) is 0.630. The normalized spacial score (nSPS) is 25.4. The van der Waals surface area contributed by atoms with Gasteiger partial charge in [0, 0.05) is 23.8 Å². The van der Waals surface area contributed by atoms with E-state index < -0.39 is 30.7 Å². The number of hydrogen-bond acceptors (Lipinski definition) is 10. The summed E-state index contributed by atoms with van der Waals surface area (Å²) in [6, 6.07) is 0. The zero-order valence-electron chi connectivity index (χ0n) is 22.0. The summed E-state index contributed by atoms with van der Waals surface area (Å²) in [6.45, 7) is 5.74. The van der Waals surface area contributed by atoms with E-state index in [-0.39, 0.29) is 54.9 Å². The SMILES string of the molecule is CCC(C)C(=O)OC1CC=C(NOCc2cnoc2)C2=CC(=O)C(C)C(CCC(O)CC(O)CC(=O)O)C21. The number of aliphatic carboxylic acids is 1. The number of aliphatic hydroxyl groups excluding tert-OH is 2. The molecule has 0 aliphatic heterocycles. The summed E-state index contributed by atoms with van der Waals surface area (Å²) in [5.41, 5.74) is 4.95. The number of ether oxygens (including phenoxy) is 1. The molecule has 11 heteroatoms. The van der Waals surface area contributed by atoms with Gasteiger partial charge in [-0.05, 0) is 43.3 Å². The number of carboxylic acids is 1. The number of carbonyl (C=O) groups excluding carboxylic acids is 2. The number of allylic oxidation sites excluding steroid dienone is 2. The highest BCUT2D eigenvalue weighted by molar-refractivity contribution is 5.94. The van der Waals surface area contributed by atoms with Crippen LogP contribution in [-0.4, -0.2) is 56.5 Å². The molecule has 1 aromatic rings. The van der Waals surface area contributed by atoms with Gasteiger partial charge in [0.05, 0.1) is 36.4 Å². The fourth-order valence-corrected chi connectivity index (χ4v) is 5.05. The summed E-state index contributed by atoms with van der Waals surface area (Å²) in [4.78, 5) is 42.2. The molecule has 38 heavy (non-hydrogen) atoms. The summed E-state index contributed by atoms with van der Waals surface area (Å²) in [6.07, 6.45) is 5.02. The molecule has 0 amide bonds. The van der Waals surface area contributed by atoms with Gasteiger partial charge >= 0.3 is 11.9 Å². The number of aromatic nitrogens is 1. The number of nitrogens with one attached hydrogen (secondary N) is 1. The molecule has 0 aromatic carbocycles. The molecule has 4 N–H and O–H groups in total. The van der Waals surface area contributed by atoms with Gasteiger partial charge in [0.1, 0.15) is 19.0 Å². The fourth-order valence-electron chi connectivity index (χ4n) is 5.05. The van der Waals surface area contributed by atoms with Crippen LogP contribution in [0.25, 0.3) is 0 Å². The average Bonchev–Trinajstić information content (AvgIpc) is 3.38. The third-order valence-electron chi connectivity index (χ3n) is 7.45. The molecule has 0 saturated heterocycles. The second-order valence-electron chi connectivity index (χ2n) is 10.3. The maximum absolute atomic E-state index is 13.0.